The molecule has 2 rings (SSSR count). The van der Waals surface area contributed by atoms with Crippen LogP contribution in [-0.2, 0) is 20.6 Å². The van der Waals surface area contributed by atoms with Crippen LogP contribution in [0.1, 0.15) is 33.3 Å². The van der Waals surface area contributed by atoms with E-state index in [-0.39, 0.29) is 12.4 Å². The molecule has 0 unspecified atom stereocenters. The second kappa shape index (κ2) is 4.78. The third-order valence-electron chi connectivity index (χ3n) is 3.71. The van der Waals surface area contributed by atoms with Gasteiger partial charge in [-0.3, -0.25) is 0 Å². The second-order valence-electron chi connectivity index (χ2n) is 5.70. The lowest BCUT2D eigenvalue weighted by Crippen LogP contribution is -2.41. The van der Waals surface area contributed by atoms with Gasteiger partial charge in [0.2, 0.25) is 0 Å². The van der Waals surface area contributed by atoms with Gasteiger partial charge in [0.1, 0.15) is 5.82 Å². The van der Waals surface area contributed by atoms with E-state index in [9.17, 15) is 4.39 Å². The minimum absolute atomic E-state index is 0.139. The van der Waals surface area contributed by atoms with Gasteiger partial charge >= 0.3 is 7.32 Å². The van der Waals surface area contributed by atoms with Gasteiger partial charge in [-0.25, -0.2) is 4.39 Å². The summed E-state index contributed by atoms with van der Waals surface area (Å²) in [5.41, 5.74) is 5.91. The van der Waals surface area contributed by atoms with Crippen LogP contribution in [0.25, 0.3) is 0 Å². The Hall–Kier alpha value is -1.11. The van der Waals surface area contributed by atoms with Gasteiger partial charge in [-0.2, -0.15) is 0 Å². The van der Waals surface area contributed by atoms with E-state index >= 15 is 0 Å². The minimum atomic E-state index is -0.771. The molecule has 0 saturated carbocycles. The molecule has 0 spiro atoms. The number of nitrogens with two attached hydrogens (primary N) is 1. The van der Waals surface area contributed by atoms with E-state index in [1.807, 2.05) is 27.7 Å². The summed E-state index contributed by atoms with van der Waals surface area (Å²) < 4.78 is 30.0. The zero-order valence-corrected chi connectivity index (χ0v) is 11.7. The number of benzene rings is 1. The molecule has 0 bridgehead atoms. The Morgan fingerprint density at radius 2 is 1.79 bits per heavy atom. The SMILES string of the molecule is CC1(C)OB(OCc2cc(F)ccc2N)OC1(C)C. The van der Waals surface area contributed by atoms with Crippen LogP contribution in [0.15, 0.2) is 18.2 Å². The molecule has 0 radical (unpaired) electrons. The molecule has 1 aromatic carbocycles. The van der Waals surface area contributed by atoms with Crippen molar-refractivity contribution < 1.29 is 18.4 Å². The maximum Gasteiger partial charge on any atom is 0.640 e. The van der Waals surface area contributed by atoms with Gasteiger partial charge < -0.3 is 19.7 Å². The normalized spacial score (nSPS) is 20.8. The van der Waals surface area contributed by atoms with Crippen molar-refractivity contribution in [2.45, 2.75) is 45.5 Å². The molecule has 104 valence electrons. The highest BCUT2D eigenvalue weighted by molar-refractivity contribution is 6.37. The number of rotatable bonds is 3. The topological polar surface area (TPSA) is 53.7 Å². The second-order valence-corrected chi connectivity index (χ2v) is 5.70. The Bertz CT molecular complexity index is 463. The lowest BCUT2D eigenvalue weighted by molar-refractivity contribution is 0.00578. The summed E-state index contributed by atoms with van der Waals surface area (Å²) in [5, 5.41) is 0. The maximum absolute atomic E-state index is 13.1. The summed E-state index contributed by atoms with van der Waals surface area (Å²) in [7, 11) is -0.771. The minimum Gasteiger partial charge on any atom is -0.398 e. The molecule has 1 heterocycles. The van der Waals surface area contributed by atoms with Gasteiger partial charge in [0.25, 0.3) is 0 Å². The van der Waals surface area contributed by atoms with Gasteiger partial charge in [-0.1, -0.05) is 0 Å². The summed E-state index contributed by atoms with van der Waals surface area (Å²) in [4.78, 5) is 0. The van der Waals surface area contributed by atoms with Crippen molar-refractivity contribution in [2.24, 2.45) is 0 Å². The summed E-state index contributed by atoms with van der Waals surface area (Å²) in [5.74, 6) is -0.346. The van der Waals surface area contributed by atoms with E-state index in [1.165, 1.54) is 18.2 Å². The summed E-state index contributed by atoms with van der Waals surface area (Å²) in [6.45, 7) is 7.89. The first-order valence-corrected chi connectivity index (χ1v) is 6.22. The van der Waals surface area contributed by atoms with Gasteiger partial charge in [-0.05, 0) is 45.9 Å². The lowest BCUT2D eigenvalue weighted by Gasteiger charge is -2.31. The molecular weight excluding hydrogens is 248 g/mol. The molecule has 0 aliphatic carbocycles. The van der Waals surface area contributed by atoms with Crippen LogP contribution >= 0.6 is 0 Å². The lowest BCUT2D eigenvalue weighted by atomic mass is 9.90. The van der Waals surface area contributed by atoms with E-state index in [0.29, 0.717) is 11.3 Å². The van der Waals surface area contributed by atoms with Crippen molar-refractivity contribution in [1.29, 1.82) is 0 Å². The molecule has 6 heteroatoms. The number of hydrogen-bond acceptors (Lipinski definition) is 4. The van der Waals surface area contributed by atoms with Crippen LogP contribution in [0.2, 0.25) is 0 Å². The molecular formula is C13H19BFNO3. The predicted molar refractivity (Wildman–Crippen MR) is 71.7 cm³/mol. The van der Waals surface area contributed by atoms with Crippen molar-refractivity contribution in [3.63, 3.8) is 0 Å². The van der Waals surface area contributed by atoms with Crippen LogP contribution in [0.3, 0.4) is 0 Å². The third-order valence-corrected chi connectivity index (χ3v) is 3.71. The average molecular weight is 267 g/mol. The van der Waals surface area contributed by atoms with Crippen LogP contribution < -0.4 is 5.73 Å². The first kappa shape index (κ1) is 14.3. The van der Waals surface area contributed by atoms with Gasteiger partial charge in [0.15, 0.2) is 0 Å². The molecule has 0 aromatic heterocycles. The molecule has 2 N–H and O–H groups in total. The number of hydrogen-bond donors (Lipinski definition) is 1. The maximum atomic E-state index is 13.1. The number of anilines is 1. The third kappa shape index (κ3) is 2.91. The van der Waals surface area contributed by atoms with Crippen LogP contribution in [-0.4, -0.2) is 18.5 Å². The van der Waals surface area contributed by atoms with Gasteiger partial charge in [-0.15, -0.1) is 0 Å². The molecule has 1 fully saturated rings. The Morgan fingerprint density at radius 1 is 1.21 bits per heavy atom. The van der Waals surface area contributed by atoms with E-state index in [4.69, 9.17) is 19.7 Å². The fraction of sp³-hybridized carbons (Fsp3) is 0.538. The largest absolute Gasteiger partial charge is 0.640 e. The van der Waals surface area contributed by atoms with Crippen LogP contribution in [0.5, 0.6) is 0 Å². The zero-order chi connectivity index (χ0) is 14.3. The molecule has 1 aliphatic heterocycles. The van der Waals surface area contributed by atoms with Crippen LogP contribution in [0.4, 0.5) is 10.1 Å². The number of nitrogen functional groups attached to an aromatic ring is 1. The molecule has 1 aliphatic rings. The summed E-state index contributed by atoms with van der Waals surface area (Å²) in [6, 6.07) is 4.17. The van der Waals surface area contributed by atoms with Crippen LogP contribution in [0, 0.1) is 5.82 Å². The van der Waals surface area contributed by atoms with Gasteiger partial charge in [0.05, 0.1) is 17.8 Å². The first-order valence-electron chi connectivity index (χ1n) is 6.22. The highest BCUT2D eigenvalue weighted by Crippen LogP contribution is 2.37. The van der Waals surface area contributed by atoms with E-state index in [1.54, 1.807) is 0 Å². The summed E-state index contributed by atoms with van der Waals surface area (Å²) >= 11 is 0. The molecule has 0 amide bonds. The van der Waals surface area contributed by atoms with E-state index < -0.39 is 18.5 Å². The monoisotopic (exact) mass is 267 g/mol. The highest BCUT2D eigenvalue weighted by atomic mass is 19.1. The number of halogens is 1. The molecule has 19 heavy (non-hydrogen) atoms. The fourth-order valence-corrected chi connectivity index (χ4v) is 1.71. The van der Waals surface area contributed by atoms with Crippen molar-refractivity contribution in [1.82, 2.24) is 0 Å². The Labute approximate surface area is 113 Å². The molecule has 4 nitrogen and oxygen atoms in total. The first-order chi connectivity index (χ1) is 8.71. The quantitative estimate of drug-likeness (QED) is 0.675. The van der Waals surface area contributed by atoms with Crippen molar-refractivity contribution in [3.8, 4) is 0 Å². The van der Waals surface area contributed by atoms with Crippen molar-refractivity contribution in [3.05, 3.63) is 29.6 Å². The smallest absolute Gasteiger partial charge is 0.398 e. The van der Waals surface area contributed by atoms with Crippen molar-refractivity contribution >= 4 is 13.0 Å². The Morgan fingerprint density at radius 3 is 2.37 bits per heavy atom. The Kier molecular flexibility index (Phi) is 3.60. The van der Waals surface area contributed by atoms with Gasteiger partial charge in [0, 0.05) is 11.3 Å². The Balaban J connectivity index is 1.99. The predicted octanol–water partition coefficient (Wildman–Crippen LogP) is 2.51. The fourth-order valence-electron chi connectivity index (χ4n) is 1.71. The van der Waals surface area contributed by atoms with E-state index in [2.05, 4.69) is 0 Å². The molecule has 1 saturated heterocycles. The van der Waals surface area contributed by atoms with Crippen molar-refractivity contribution in [2.75, 3.05) is 5.73 Å². The zero-order valence-electron chi connectivity index (χ0n) is 11.7. The molecule has 0 atom stereocenters. The molecule has 1 aromatic rings. The summed E-state index contributed by atoms with van der Waals surface area (Å²) in [6.07, 6.45) is 0. The average Bonchev–Trinajstić information content (AvgIpc) is 2.49. The van der Waals surface area contributed by atoms with E-state index in [0.717, 1.165) is 0 Å². The standard InChI is InChI=1S/C13H19BFNO3/c1-12(2)13(3,4)19-14(18-12)17-8-9-7-10(15)5-6-11(9)16/h5-7H,8,16H2,1-4H3. The highest BCUT2D eigenvalue weighted by Gasteiger charge is 2.52.